The van der Waals surface area contributed by atoms with Crippen molar-refractivity contribution in [2.75, 3.05) is 19.6 Å². The quantitative estimate of drug-likeness (QED) is 0.678. The molecule has 0 radical (unpaired) electrons. The molecule has 2 aromatic carbocycles. The van der Waals surface area contributed by atoms with E-state index in [1.807, 2.05) is 42.5 Å². The van der Waals surface area contributed by atoms with E-state index in [0.717, 1.165) is 17.9 Å². The minimum atomic E-state index is -0.0839. The van der Waals surface area contributed by atoms with Gasteiger partial charge in [-0.15, -0.1) is 0 Å². The van der Waals surface area contributed by atoms with Crippen LogP contribution in [0.25, 0.3) is 22.3 Å². The Morgan fingerprint density at radius 2 is 1.96 bits per heavy atom. The number of ether oxygens (including phenoxy) is 1. The van der Waals surface area contributed by atoms with Crippen molar-refractivity contribution in [1.29, 1.82) is 0 Å². The molecule has 1 aromatic heterocycles. The van der Waals surface area contributed by atoms with E-state index >= 15 is 0 Å². The Morgan fingerprint density at radius 1 is 1.14 bits per heavy atom. The highest BCUT2D eigenvalue weighted by atomic mass is 35.5. The van der Waals surface area contributed by atoms with Crippen LogP contribution in [0.4, 0.5) is 0 Å². The fourth-order valence-corrected chi connectivity index (χ4v) is 4.62. The minimum Gasteiger partial charge on any atom is -0.489 e. The van der Waals surface area contributed by atoms with Crippen molar-refractivity contribution in [2.45, 2.75) is 18.9 Å². The summed E-state index contributed by atoms with van der Waals surface area (Å²) in [6.45, 7) is 3.34. The fourth-order valence-electron chi connectivity index (χ4n) is 4.43. The monoisotopic (exact) mass is 395 g/mol. The van der Waals surface area contributed by atoms with E-state index in [0.29, 0.717) is 27.7 Å². The van der Waals surface area contributed by atoms with Crippen LogP contribution in [0.5, 0.6) is 5.75 Å². The molecular formula is C22H22ClN3O2. The molecule has 3 saturated heterocycles. The molecule has 3 aliphatic heterocycles. The Morgan fingerprint density at radius 3 is 2.68 bits per heavy atom. The average molecular weight is 396 g/mol. The summed E-state index contributed by atoms with van der Waals surface area (Å²) in [6.07, 6.45) is 2.61. The largest absolute Gasteiger partial charge is 0.489 e. The minimum absolute atomic E-state index is 0.0839. The van der Waals surface area contributed by atoms with Gasteiger partial charge >= 0.3 is 0 Å². The Bertz CT molecular complexity index is 1100. The number of nitrogens with zero attached hydrogens (tertiary/aromatic N) is 3. The lowest BCUT2D eigenvalue weighted by atomic mass is 9.86. The lowest BCUT2D eigenvalue weighted by Gasteiger charge is -2.44. The highest BCUT2D eigenvalue weighted by Crippen LogP contribution is 2.31. The second kappa shape index (κ2) is 6.90. The summed E-state index contributed by atoms with van der Waals surface area (Å²) >= 11 is 6.11. The third-order valence-corrected chi connectivity index (χ3v) is 6.25. The van der Waals surface area contributed by atoms with Crippen LogP contribution in [-0.2, 0) is 7.05 Å². The molecule has 5 nitrogen and oxygen atoms in total. The van der Waals surface area contributed by atoms with E-state index in [9.17, 15) is 4.79 Å². The zero-order valence-corrected chi connectivity index (χ0v) is 16.5. The van der Waals surface area contributed by atoms with E-state index in [4.69, 9.17) is 21.3 Å². The van der Waals surface area contributed by atoms with Crippen molar-refractivity contribution in [1.82, 2.24) is 14.5 Å². The molecule has 1 unspecified atom stereocenters. The van der Waals surface area contributed by atoms with Crippen LogP contribution in [0.1, 0.15) is 12.8 Å². The van der Waals surface area contributed by atoms with Crippen LogP contribution in [0.15, 0.2) is 47.3 Å². The summed E-state index contributed by atoms with van der Waals surface area (Å²) in [4.78, 5) is 20.2. The van der Waals surface area contributed by atoms with Gasteiger partial charge in [-0.25, -0.2) is 4.98 Å². The summed E-state index contributed by atoms with van der Waals surface area (Å²) in [7, 11) is 1.74. The second-order valence-corrected chi connectivity index (χ2v) is 8.22. The molecule has 3 aliphatic rings. The van der Waals surface area contributed by atoms with Gasteiger partial charge in [0.2, 0.25) is 0 Å². The predicted molar refractivity (Wildman–Crippen MR) is 111 cm³/mol. The number of hydrogen-bond acceptors (Lipinski definition) is 4. The van der Waals surface area contributed by atoms with E-state index in [2.05, 4.69) is 4.90 Å². The molecule has 144 valence electrons. The maximum absolute atomic E-state index is 13.0. The SMILES string of the molecule is Cn1c(-c2cccc(Cl)c2)nc2ccc(OC3CN4CCC3CC4)cc2c1=O. The average Bonchev–Trinajstić information content (AvgIpc) is 2.72. The summed E-state index contributed by atoms with van der Waals surface area (Å²) < 4.78 is 7.86. The van der Waals surface area contributed by atoms with Gasteiger partial charge in [0.25, 0.3) is 5.56 Å². The van der Waals surface area contributed by atoms with E-state index in [1.54, 1.807) is 11.6 Å². The maximum Gasteiger partial charge on any atom is 0.261 e. The van der Waals surface area contributed by atoms with Crippen molar-refractivity contribution in [2.24, 2.45) is 13.0 Å². The van der Waals surface area contributed by atoms with Gasteiger partial charge in [0, 0.05) is 24.2 Å². The number of halogens is 1. The molecule has 1 atom stereocenters. The van der Waals surface area contributed by atoms with Crippen LogP contribution in [0, 0.1) is 5.92 Å². The summed E-state index contributed by atoms with van der Waals surface area (Å²) in [5, 5.41) is 1.19. The highest BCUT2D eigenvalue weighted by Gasteiger charge is 2.35. The number of aromatic nitrogens is 2. The molecule has 28 heavy (non-hydrogen) atoms. The third kappa shape index (κ3) is 3.09. The van der Waals surface area contributed by atoms with Gasteiger partial charge in [0.1, 0.15) is 17.7 Å². The Balaban J connectivity index is 1.51. The molecule has 4 heterocycles. The van der Waals surface area contributed by atoms with Crippen LogP contribution < -0.4 is 10.3 Å². The molecular weight excluding hydrogens is 374 g/mol. The predicted octanol–water partition coefficient (Wildman–Crippen LogP) is 3.73. The van der Waals surface area contributed by atoms with Gasteiger partial charge in [-0.05, 0) is 62.2 Å². The van der Waals surface area contributed by atoms with Gasteiger partial charge in [-0.3, -0.25) is 14.3 Å². The molecule has 0 aliphatic carbocycles. The number of rotatable bonds is 3. The number of fused-ring (bicyclic) bond motifs is 4. The fraction of sp³-hybridized carbons (Fsp3) is 0.364. The lowest BCUT2D eigenvalue weighted by Crippen LogP contribution is -2.52. The smallest absolute Gasteiger partial charge is 0.261 e. The Hall–Kier alpha value is -2.37. The first-order chi connectivity index (χ1) is 13.6. The normalized spacial score (nSPS) is 23.9. The van der Waals surface area contributed by atoms with Gasteiger partial charge in [-0.2, -0.15) is 0 Å². The molecule has 0 saturated carbocycles. The zero-order chi connectivity index (χ0) is 19.3. The highest BCUT2D eigenvalue weighted by molar-refractivity contribution is 6.30. The molecule has 2 bridgehead atoms. The topological polar surface area (TPSA) is 47.4 Å². The third-order valence-electron chi connectivity index (χ3n) is 6.01. The van der Waals surface area contributed by atoms with E-state index in [-0.39, 0.29) is 11.7 Å². The molecule has 0 spiro atoms. The van der Waals surface area contributed by atoms with Crippen molar-refractivity contribution in [3.63, 3.8) is 0 Å². The number of benzene rings is 2. The van der Waals surface area contributed by atoms with Gasteiger partial charge in [-0.1, -0.05) is 23.7 Å². The van der Waals surface area contributed by atoms with Gasteiger partial charge in [0.15, 0.2) is 0 Å². The lowest BCUT2D eigenvalue weighted by molar-refractivity contribution is -0.00769. The molecule has 3 aromatic rings. The van der Waals surface area contributed by atoms with Gasteiger partial charge in [0.05, 0.1) is 10.9 Å². The second-order valence-electron chi connectivity index (χ2n) is 7.78. The van der Waals surface area contributed by atoms with E-state index in [1.165, 1.54) is 25.9 Å². The van der Waals surface area contributed by atoms with Crippen LogP contribution >= 0.6 is 11.6 Å². The van der Waals surface area contributed by atoms with Crippen molar-refractivity contribution in [3.05, 3.63) is 57.8 Å². The van der Waals surface area contributed by atoms with Crippen molar-refractivity contribution in [3.8, 4) is 17.1 Å². The maximum atomic E-state index is 13.0. The molecule has 6 heteroatoms. The molecule has 0 N–H and O–H groups in total. The summed E-state index contributed by atoms with van der Waals surface area (Å²) in [5.41, 5.74) is 1.40. The van der Waals surface area contributed by atoms with Crippen LogP contribution in [0.3, 0.4) is 0 Å². The molecule has 3 fully saturated rings. The standard InChI is InChI=1S/C22H22ClN3O2/c1-25-21(15-3-2-4-16(23)11-15)24-19-6-5-17(12-18(19)22(25)27)28-20-13-26-9-7-14(20)8-10-26/h2-6,11-12,14,20H,7-10,13H2,1H3. The Kier molecular flexibility index (Phi) is 4.37. The van der Waals surface area contributed by atoms with Crippen LogP contribution in [0.2, 0.25) is 5.02 Å². The Labute approximate surface area is 168 Å². The molecule has 6 rings (SSSR count). The van der Waals surface area contributed by atoms with E-state index < -0.39 is 0 Å². The number of hydrogen-bond donors (Lipinski definition) is 0. The number of piperidine rings is 3. The summed E-state index contributed by atoms with van der Waals surface area (Å²) in [6, 6.07) is 13.0. The van der Waals surface area contributed by atoms with Crippen LogP contribution in [-0.4, -0.2) is 40.2 Å². The first-order valence-electron chi connectivity index (χ1n) is 9.74. The summed E-state index contributed by atoms with van der Waals surface area (Å²) in [5.74, 6) is 1.97. The first-order valence-corrected chi connectivity index (χ1v) is 10.1. The zero-order valence-electron chi connectivity index (χ0n) is 15.8. The van der Waals surface area contributed by atoms with Gasteiger partial charge < -0.3 is 4.74 Å². The van der Waals surface area contributed by atoms with Crippen molar-refractivity contribution >= 4 is 22.5 Å². The first kappa shape index (κ1) is 17.7. The van der Waals surface area contributed by atoms with Crippen molar-refractivity contribution < 1.29 is 4.74 Å². The molecule has 0 amide bonds.